The highest BCUT2D eigenvalue weighted by Crippen LogP contribution is 2.10. The number of benzene rings is 2. The Hall–Kier alpha value is -2.75. The van der Waals surface area contributed by atoms with E-state index >= 15 is 0 Å². The van der Waals surface area contributed by atoms with Crippen LogP contribution in [-0.2, 0) is 6.54 Å². The highest BCUT2D eigenvalue weighted by molar-refractivity contribution is 5.74. The second-order valence-electron chi connectivity index (χ2n) is 5.64. The van der Waals surface area contributed by atoms with Crippen LogP contribution in [0.2, 0.25) is 0 Å². The summed E-state index contributed by atoms with van der Waals surface area (Å²) in [6.45, 7) is 6.19. The molecular formula is C20H25N3O. The first-order valence-electron chi connectivity index (χ1n) is 8.14. The number of anilines is 1. The molecule has 4 nitrogen and oxygen atoms in total. The minimum Gasteiger partial charge on any atom is -0.373 e. The van der Waals surface area contributed by atoms with Crippen LogP contribution in [0.5, 0.6) is 0 Å². The largest absolute Gasteiger partial charge is 0.373 e. The van der Waals surface area contributed by atoms with Gasteiger partial charge in [0.25, 0.3) is 0 Å². The standard InChI is InChI=1S/C20H25N3O/c1-3-15-23(17-18-10-6-4-7-11-18)20(24)21-14-16-22(2)19-12-8-5-9-13-19/h3-13H,1,14-17H2,2H3,(H,21,24). The molecule has 0 spiro atoms. The molecule has 2 aromatic carbocycles. The predicted molar refractivity (Wildman–Crippen MR) is 100 cm³/mol. The number of hydrogen-bond acceptors (Lipinski definition) is 2. The molecule has 126 valence electrons. The summed E-state index contributed by atoms with van der Waals surface area (Å²) >= 11 is 0. The fraction of sp³-hybridized carbons (Fsp3) is 0.250. The molecule has 0 atom stereocenters. The van der Waals surface area contributed by atoms with Crippen molar-refractivity contribution in [1.29, 1.82) is 0 Å². The minimum atomic E-state index is -0.0692. The number of amides is 2. The normalized spacial score (nSPS) is 10.0. The van der Waals surface area contributed by atoms with Crippen molar-refractivity contribution in [2.24, 2.45) is 0 Å². The number of carbonyl (C=O) groups excluding carboxylic acids is 1. The van der Waals surface area contributed by atoms with Gasteiger partial charge in [0.15, 0.2) is 0 Å². The van der Waals surface area contributed by atoms with Crippen molar-refractivity contribution in [1.82, 2.24) is 10.2 Å². The average molecular weight is 323 g/mol. The Balaban J connectivity index is 1.83. The van der Waals surface area contributed by atoms with Crippen molar-refractivity contribution in [3.8, 4) is 0 Å². The maximum absolute atomic E-state index is 12.4. The highest BCUT2D eigenvalue weighted by Gasteiger charge is 2.12. The molecule has 0 aromatic heterocycles. The Kier molecular flexibility index (Phi) is 6.90. The third kappa shape index (κ3) is 5.47. The van der Waals surface area contributed by atoms with E-state index in [2.05, 4.69) is 28.9 Å². The van der Waals surface area contributed by atoms with E-state index in [1.54, 1.807) is 11.0 Å². The Morgan fingerprint density at radius 3 is 2.33 bits per heavy atom. The molecule has 24 heavy (non-hydrogen) atoms. The number of nitrogens with one attached hydrogen (secondary N) is 1. The summed E-state index contributed by atoms with van der Waals surface area (Å²) in [6, 6.07) is 20.0. The van der Waals surface area contributed by atoms with Gasteiger partial charge in [-0.2, -0.15) is 0 Å². The van der Waals surface area contributed by atoms with E-state index in [1.165, 1.54) is 0 Å². The van der Waals surface area contributed by atoms with Gasteiger partial charge in [0.2, 0.25) is 0 Å². The summed E-state index contributed by atoms with van der Waals surface area (Å²) in [7, 11) is 2.02. The fourth-order valence-electron chi connectivity index (χ4n) is 2.43. The molecule has 2 amide bonds. The van der Waals surface area contributed by atoms with Gasteiger partial charge in [-0.1, -0.05) is 54.6 Å². The van der Waals surface area contributed by atoms with Crippen LogP contribution in [-0.4, -0.2) is 37.6 Å². The average Bonchev–Trinajstić information content (AvgIpc) is 2.62. The number of nitrogens with zero attached hydrogens (tertiary/aromatic N) is 2. The summed E-state index contributed by atoms with van der Waals surface area (Å²) in [5, 5.41) is 2.99. The fourth-order valence-corrected chi connectivity index (χ4v) is 2.43. The first kappa shape index (κ1) is 17.6. The maximum Gasteiger partial charge on any atom is 0.318 e. The van der Waals surface area contributed by atoms with Crippen LogP contribution in [0.4, 0.5) is 10.5 Å². The van der Waals surface area contributed by atoms with E-state index in [4.69, 9.17) is 0 Å². The third-order valence-corrected chi connectivity index (χ3v) is 3.77. The van der Waals surface area contributed by atoms with Gasteiger partial charge in [-0.05, 0) is 17.7 Å². The first-order chi connectivity index (χ1) is 11.7. The van der Waals surface area contributed by atoms with Crippen molar-refractivity contribution < 1.29 is 4.79 Å². The number of rotatable bonds is 8. The van der Waals surface area contributed by atoms with Crippen LogP contribution in [0.25, 0.3) is 0 Å². The van der Waals surface area contributed by atoms with Crippen LogP contribution >= 0.6 is 0 Å². The van der Waals surface area contributed by atoms with Crippen molar-refractivity contribution in [3.63, 3.8) is 0 Å². The zero-order chi connectivity index (χ0) is 17.2. The van der Waals surface area contributed by atoms with Crippen molar-refractivity contribution in [2.45, 2.75) is 6.54 Å². The van der Waals surface area contributed by atoms with E-state index < -0.39 is 0 Å². The lowest BCUT2D eigenvalue weighted by Crippen LogP contribution is -2.42. The van der Waals surface area contributed by atoms with Crippen LogP contribution in [0, 0.1) is 0 Å². The third-order valence-electron chi connectivity index (χ3n) is 3.77. The molecule has 0 saturated heterocycles. The van der Waals surface area contributed by atoms with Crippen molar-refractivity contribution >= 4 is 11.7 Å². The van der Waals surface area contributed by atoms with E-state index in [1.807, 2.05) is 55.6 Å². The van der Waals surface area contributed by atoms with E-state index in [-0.39, 0.29) is 6.03 Å². The second kappa shape index (κ2) is 9.40. The molecule has 0 aliphatic heterocycles. The topological polar surface area (TPSA) is 35.6 Å². The van der Waals surface area contributed by atoms with Gasteiger partial charge in [-0.3, -0.25) is 0 Å². The summed E-state index contributed by atoms with van der Waals surface area (Å²) in [5.74, 6) is 0. The molecule has 1 N–H and O–H groups in total. The van der Waals surface area contributed by atoms with Gasteiger partial charge in [0, 0.05) is 38.9 Å². The zero-order valence-corrected chi connectivity index (χ0v) is 14.2. The molecule has 0 radical (unpaired) electrons. The summed E-state index contributed by atoms with van der Waals surface area (Å²) in [5.41, 5.74) is 2.25. The lowest BCUT2D eigenvalue weighted by Gasteiger charge is -2.24. The van der Waals surface area contributed by atoms with Gasteiger partial charge in [-0.15, -0.1) is 6.58 Å². The molecule has 2 aromatic rings. The van der Waals surface area contributed by atoms with Crippen molar-refractivity contribution in [3.05, 3.63) is 78.9 Å². The van der Waals surface area contributed by atoms with Crippen molar-refractivity contribution in [2.75, 3.05) is 31.6 Å². The molecule has 0 heterocycles. The van der Waals surface area contributed by atoms with E-state index in [0.29, 0.717) is 19.6 Å². The number of hydrogen-bond donors (Lipinski definition) is 1. The van der Waals surface area contributed by atoms with Crippen LogP contribution in [0.15, 0.2) is 73.3 Å². The van der Waals surface area contributed by atoms with Gasteiger partial charge in [0.05, 0.1) is 0 Å². The Morgan fingerprint density at radius 2 is 1.71 bits per heavy atom. The van der Waals surface area contributed by atoms with Crippen LogP contribution < -0.4 is 10.2 Å². The van der Waals surface area contributed by atoms with Gasteiger partial charge >= 0.3 is 6.03 Å². The highest BCUT2D eigenvalue weighted by atomic mass is 16.2. The second-order valence-corrected chi connectivity index (χ2v) is 5.64. The molecule has 0 unspecified atom stereocenters. The molecule has 0 aliphatic rings. The lowest BCUT2D eigenvalue weighted by atomic mass is 10.2. The number of carbonyl (C=O) groups is 1. The predicted octanol–water partition coefficient (Wildman–Crippen LogP) is 3.52. The van der Waals surface area contributed by atoms with Gasteiger partial charge in [0.1, 0.15) is 0 Å². The Morgan fingerprint density at radius 1 is 1.08 bits per heavy atom. The number of likely N-dealkylation sites (N-methyl/N-ethyl adjacent to an activating group) is 1. The SMILES string of the molecule is C=CCN(Cc1ccccc1)C(=O)NCCN(C)c1ccccc1. The molecule has 2 rings (SSSR count). The summed E-state index contributed by atoms with van der Waals surface area (Å²) in [4.78, 5) is 16.3. The quantitative estimate of drug-likeness (QED) is 0.755. The minimum absolute atomic E-state index is 0.0692. The van der Waals surface area contributed by atoms with Gasteiger partial charge < -0.3 is 15.1 Å². The Bertz CT molecular complexity index is 628. The molecule has 0 bridgehead atoms. The molecule has 0 saturated carbocycles. The summed E-state index contributed by atoms with van der Waals surface area (Å²) in [6.07, 6.45) is 1.75. The molecule has 0 fully saturated rings. The number of urea groups is 1. The smallest absolute Gasteiger partial charge is 0.318 e. The molecule has 0 aliphatic carbocycles. The zero-order valence-electron chi connectivity index (χ0n) is 14.2. The lowest BCUT2D eigenvalue weighted by molar-refractivity contribution is 0.201. The maximum atomic E-state index is 12.4. The molecular weight excluding hydrogens is 298 g/mol. The molecule has 4 heteroatoms. The van der Waals surface area contributed by atoms with Crippen LogP contribution in [0.1, 0.15) is 5.56 Å². The Labute approximate surface area is 144 Å². The van der Waals surface area contributed by atoms with Crippen LogP contribution in [0.3, 0.4) is 0 Å². The van der Waals surface area contributed by atoms with E-state index in [0.717, 1.165) is 17.8 Å². The monoisotopic (exact) mass is 323 g/mol. The van der Waals surface area contributed by atoms with Gasteiger partial charge in [-0.25, -0.2) is 4.79 Å². The number of para-hydroxylation sites is 1. The summed E-state index contributed by atoms with van der Waals surface area (Å²) < 4.78 is 0. The first-order valence-corrected chi connectivity index (χ1v) is 8.14. The van der Waals surface area contributed by atoms with E-state index in [9.17, 15) is 4.79 Å².